The molecule has 0 fully saturated rings. The van der Waals surface area contributed by atoms with Gasteiger partial charge in [-0.05, 0) is 83.3 Å². The maximum Gasteiger partial charge on any atom is 0.345 e. The number of benzene rings is 4. The molecule has 0 aliphatic heterocycles. The van der Waals surface area contributed by atoms with Crippen LogP contribution in [0.1, 0.15) is 43.4 Å². The van der Waals surface area contributed by atoms with Crippen molar-refractivity contribution in [3.8, 4) is 5.75 Å². The monoisotopic (exact) mass is 710 g/mol. The van der Waals surface area contributed by atoms with E-state index in [9.17, 15) is 9.90 Å². The summed E-state index contributed by atoms with van der Waals surface area (Å²) in [5, 5.41) is 11.2. The van der Waals surface area contributed by atoms with Crippen LogP contribution in [0.25, 0.3) is 10.1 Å². The molecule has 0 radical (unpaired) electrons. The number of carboxylic acid groups (broad SMARTS) is 1. The Morgan fingerprint density at radius 2 is 1.53 bits per heavy atom. The highest BCUT2D eigenvalue weighted by molar-refractivity contribution is 9.11. The number of ether oxygens (including phenoxy) is 1. The van der Waals surface area contributed by atoms with Gasteiger partial charge < -0.3 is 9.84 Å². The fourth-order valence-corrected chi connectivity index (χ4v) is 8.82. The zero-order chi connectivity index (χ0) is 26.4. The summed E-state index contributed by atoms with van der Waals surface area (Å²) in [6.07, 6.45) is -0.753. The molecule has 1 aromatic heterocycles. The molecule has 38 heavy (non-hydrogen) atoms. The minimum absolute atomic E-state index is 0.0207. The Morgan fingerprint density at radius 1 is 0.895 bits per heavy atom. The summed E-state index contributed by atoms with van der Waals surface area (Å²) in [6, 6.07) is 30.8. The van der Waals surface area contributed by atoms with Gasteiger partial charge in [0.05, 0.1) is 13.8 Å². The number of hydrogen-bond acceptors (Lipinski definition) is 3. The van der Waals surface area contributed by atoms with E-state index in [1.54, 1.807) is 0 Å². The predicted octanol–water partition coefficient (Wildman–Crippen LogP) is 9.48. The molecule has 7 heteroatoms. The van der Waals surface area contributed by atoms with Crippen LogP contribution in [-0.2, 0) is 11.2 Å². The van der Waals surface area contributed by atoms with Crippen LogP contribution < -0.4 is 4.74 Å². The van der Waals surface area contributed by atoms with Crippen molar-refractivity contribution in [1.82, 2.24) is 0 Å². The first-order valence-electron chi connectivity index (χ1n) is 12.1. The highest BCUT2D eigenvalue weighted by atomic mass is 79.9. The molecule has 5 aromatic rings. The molecule has 0 spiro atoms. The van der Waals surface area contributed by atoms with Crippen LogP contribution in [0.5, 0.6) is 5.75 Å². The lowest BCUT2D eigenvalue weighted by Gasteiger charge is -2.31. The van der Waals surface area contributed by atoms with Crippen molar-refractivity contribution in [2.24, 2.45) is 0 Å². The van der Waals surface area contributed by atoms with Crippen LogP contribution in [0.3, 0.4) is 0 Å². The Hall–Kier alpha value is -2.45. The maximum absolute atomic E-state index is 12.1. The van der Waals surface area contributed by atoms with E-state index in [1.165, 1.54) is 31.7 Å². The van der Waals surface area contributed by atoms with Crippen molar-refractivity contribution in [3.05, 3.63) is 133 Å². The van der Waals surface area contributed by atoms with Crippen LogP contribution in [-0.4, -0.2) is 17.2 Å². The SMILES string of the molecule is O=C(O)C(Cc1ccccc1)Oc1c(Br)cc(C2c3ccccc3C(Br)c3sc4ccccc4c32)cc1Br. The predicted molar refractivity (Wildman–Crippen MR) is 164 cm³/mol. The van der Waals surface area contributed by atoms with E-state index in [-0.39, 0.29) is 17.2 Å². The molecule has 4 aromatic carbocycles. The van der Waals surface area contributed by atoms with E-state index in [0.717, 1.165) is 11.1 Å². The summed E-state index contributed by atoms with van der Waals surface area (Å²) in [7, 11) is 0. The zero-order valence-corrected chi connectivity index (χ0v) is 25.5. The molecule has 3 nitrogen and oxygen atoms in total. The molecule has 6 rings (SSSR count). The normalized spacial score (nSPS) is 17.0. The van der Waals surface area contributed by atoms with Crippen molar-refractivity contribution in [3.63, 3.8) is 0 Å². The summed E-state index contributed by atoms with van der Waals surface area (Å²) in [5.41, 5.74) is 5.83. The molecule has 3 unspecified atom stereocenters. The third kappa shape index (κ3) is 4.64. The minimum Gasteiger partial charge on any atom is -0.478 e. The molecular weight excluding hydrogens is 692 g/mol. The summed E-state index contributed by atoms with van der Waals surface area (Å²) >= 11 is 13.2. The smallest absolute Gasteiger partial charge is 0.345 e. The van der Waals surface area contributed by atoms with E-state index in [1.807, 2.05) is 41.7 Å². The van der Waals surface area contributed by atoms with Crippen LogP contribution >= 0.6 is 59.1 Å². The average molecular weight is 713 g/mol. The van der Waals surface area contributed by atoms with Gasteiger partial charge in [0.2, 0.25) is 0 Å². The standard InChI is InChI=1S/C31H21Br3O3S/c32-22-15-18(16-23(33)29(22)37-24(31(35)36)14-17-8-2-1-3-9-17)26-19-10-4-5-11-20(19)28(34)30-27(26)21-12-6-7-13-25(21)38-30/h1-13,15-16,24,26,28H,14H2,(H,35,36). The van der Waals surface area contributed by atoms with Crippen LogP contribution in [0.2, 0.25) is 0 Å². The Bertz CT molecular complexity index is 1640. The lowest BCUT2D eigenvalue weighted by atomic mass is 9.76. The van der Waals surface area contributed by atoms with Gasteiger partial charge in [0.15, 0.2) is 6.10 Å². The molecule has 1 heterocycles. The summed E-state index contributed by atoms with van der Waals surface area (Å²) in [6.45, 7) is 0. The second kappa shape index (κ2) is 10.6. The molecule has 3 atom stereocenters. The lowest BCUT2D eigenvalue weighted by Crippen LogP contribution is -2.29. The molecule has 190 valence electrons. The Balaban J connectivity index is 1.44. The molecule has 0 saturated heterocycles. The number of fused-ring (bicyclic) bond motifs is 4. The summed E-state index contributed by atoms with van der Waals surface area (Å²) in [5.74, 6) is -0.502. The number of aliphatic carboxylic acids is 1. The lowest BCUT2D eigenvalue weighted by molar-refractivity contribution is -0.145. The van der Waals surface area contributed by atoms with Gasteiger partial charge in [-0.2, -0.15) is 0 Å². The Kier molecular flexibility index (Phi) is 7.20. The van der Waals surface area contributed by atoms with Gasteiger partial charge in [-0.1, -0.05) is 88.7 Å². The third-order valence-corrected chi connectivity index (χ3v) is 10.6. The molecular formula is C31H21Br3O3S. The van der Waals surface area contributed by atoms with Crippen molar-refractivity contribution in [2.75, 3.05) is 0 Å². The average Bonchev–Trinajstić information content (AvgIpc) is 3.30. The number of alkyl halides is 1. The van der Waals surface area contributed by atoms with E-state index < -0.39 is 12.1 Å². The number of rotatable bonds is 6. The molecule has 0 saturated carbocycles. The van der Waals surface area contributed by atoms with Crippen molar-refractivity contribution < 1.29 is 14.6 Å². The number of halogens is 3. The maximum atomic E-state index is 12.1. The summed E-state index contributed by atoms with van der Waals surface area (Å²) < 4.78 is 8.78. The van der Waals surface area contributed by atoms with Crippen molar-refractivity contribution in [2.45, 2.75) is 23.3 Å². The largest absolute Gasteiger partial charge is 0.478 e. The van der Waals surface area contributed by atoms with Gasteiger partial charge in [0.1, 0.15) is 5.75 Å². The van der Waals surface area contributed by atoms with Gasteiger partial charge in [-0.25, -0.2) is 4.79 Å². The van der Waals surface area contributed by atoms with Gasteiger partial charge in [-0.15, -0.1) is 11.3 Å². The van der Waals surface area contributed by atoms with E-state index >= 15 is 0 Å². The van der Waals surface area contributed by atoms with Crippen molar-refractivity contribution in [1.29, 1.82) is 0 Å². The van der Waals surface area contributed by atoms with E-state index in [4.69, 9.17) is 4.74 Å². The highest BCUT2D eigenvalue weighted by Crippen LogP contribution is 2.55. The van der Waals surface area contributed by atoms with Gasteiger partial charge in [0.25, 0.3) is 0 Å². The fraction of sp³-hybridized carbons (Fsp3) is 0.129. The molecule has 0 bridgehead atoms. The minimum atomic E-state index is -1.02. The zero-order valence-electron chi connectivity index (χ0n) is 19.9. The molecule has 0 amide bonds. The number of carbonyl (C=O) groups is 1. The van der Waals surface area contributed by atoms with Gasteiger partial charge in [-0.3, -0.25) is 0 Å². The number of hydrogen-bond donors (Lipinski definition) is 1. The topological polar surface area (TPSA) is 46.5 Å². The van der Waals surface area contributed by atoms with E-state index in [0.29, 0.717) is 14.7 Å². The number of thiophene rings is 1. The number of carboxylic acids is 1. The molecule has 1 aliphatic carbocycles. The van der Waals surface area contributed by atoms with Gasteiger partial charge in [0, 0.05) is 21.9 Å². The first-order chi connectivity index (χ1) is 18.4. The van der Waals surface area contributed by atoms with Crippen molar-refractivity contribution >= 4 is 75.2 Å². The van der Waals surface area contributed by atoms with E-state index in [2.05, 4.69) is 108 Å². The van der Waals surface area contributed by atoms with Gasteiger partial charge >= 0.3 is 5.97 Å². The Morgan fingerprint density at radius 3 is 2.24 bits per heavy atom. The quantitative estimate of drug-likeness (QED) is 0.179. The molecule has 1 aliphatic rings. The summed E-state index contributed by atoms with van der Waals surface area (Å²) in [4.78, 5) is 13.5. The Labute approximate surface area is 249 Å². The first kappa shape index (κ1) is 25.8. The second-order valence-electron chi connectivity index (χ2n) is 9.25. The third-order valence-electron chi connectivity index (χ3n) is 6.91. The second-order valence-corrected chi connectivity index (χ2v) is 13.0. The highest BCUT2D eigenvalue weighted by Gasteiger charge is 2.35. The van der Waals surface area contributed by atoms with Crippen LogP contribution in [0.15, 0.2) is 99.9 Å². The van der Waals surface area contributed by atoms with Crippen LogP contribution in [0.4, 0.5) is 0 Å². The fourth-order valence-electron chi connectivity index (χ4n) is 5.23. The van der Waals surface area contributed by atoms with Crippen LogP contribution in [0, 0.1) is 0 Å². The first-order valence-corrected chi connectivity index (χ1v) is 15.4. The molecule has 1 N–H and O–H groups in total.